The van der Waals surface area contributed by atoms with Crippen LogP contribution in [0, 0.1) is 5.92 Å². The molecule has 0 aliphatic heterocycles. The van der Waals surface area contributed by atoms with Crippen molar-refractivity contribution >= 4 is 17.6 Å². The normalized spacial score (nSPS) is 10.5. The van der Waals surface area contributed by atoms with E-state index in [-0.39, 0.29) is 0 Å². The van der Waals surface area contributed by atoms with Gasteiger partial charge in [0.2, 0.25) is 0 Å². The number of aromatic nitrogens is 2. The Morgan fingerprint density at radius 2 is 2.23 bits per heavy atom. The molecular formula is C9H15N3S. The van der Waals surface area contributed by atoms with Gasteiger partial charge in [-0.05, 0) is 5.92 Å². The third kappa shape index (κ3) is 3.63. The molecule has 72 valence electrons. The minimum Gasteiger partial charge on any atom is -0.372 e. The van der Waals surface area contributed by atoms with Gasteiger partial charge in [0, 0.05) is 12.8 Å². The Hall–Kier alpha value is -0.770. The van der Waals surface area contributed by atoms with E-state index in [2.05, 4.69) is 29.1 Å². The fourth-order valence-corrected chi connectivity index (χ4v) is 1.59. The molecule has 1 aromatic rings. The second kappa shape index (κ2) is 5.07. The Kier molecular flexibility index (Phi) is 4.02. The lowest BCUT2D eigenvalue weighted by molar-refractivity contribution is 0.749. The summed E-state index contributed by atoms with van der Waals surface area (Å²) in [5.41, 5.74) is 0. The minimum absolute atomic E-state index is 0.685. The van der Waals surface area contributed by atoms with Crippen LogP contribution < -0.4 is 5.32 Å². The lowest BCUT2D eigenvalue weighted by Crippen LogP contribution is -1.96. The third-order valence-electron chi connectivity index (χ3n) is 1.43. The van der Waals surface area contributed by atoms with Gasteiger partial charge in [0.1, 0.15) is 10.8 Å². The number of thioether (sulfide) groups is 1. The Bertz CT molecular complexity index is 263. The van der Waals surface area contributed by atoms with Crippen LogP contribution in [-0.2, 0) is 0 Å². The first-order chi connectivity index (χ1) is 6.22. The van der Waals surface area contributed by atoms with Gasteiger partial charge in [0.15, 0.2) is 0 Å². The number of nitrogens with one attached hydrogen (secondary N) is 1. The van der Waals surface area contributed by atoms with E-state index in [1.54, 1.807) is 24.2 Å². The van der Waals surface area contributed by atoms with Gasteiger partial charge < -0.3 is 5.32 Å². The molecule has 0 unspecified atom stereocenters. The zero-order valence-electron chi connectivity index (χ0n) is 8.24. The van der Waals surface area contributed by atoms with Crippen LogP contribution in [0.2, 0.25) is 0 Å². The second-order valence-electron chi connectivity index (χ2n) is 3.20. The number of rotatable bonds is 4. The molecule has 13 heavy (non-hydrogen) atoms. The molecule has 1 aromatic heterocycles. The Balaban J connectivity index is 2.56. The number of hydrogen-bond acceptors (Lipinski definition) is 4. The molecule has 0 saturated carbocycles. The molecule has 0 fully saturated rings. The van der Waals surface area contributed by atoms with Gasteiger partial charge in [-0.15, -0.1) is 11.8 Å². The maximum atomic E-state index is 4.35. The first kappa shape index (κ1) is 10.3. The molecule has 1 heterocycles. The number of anilines is 1. The highest BCUT2D eigenvalue weighted by atomic mass is 32.2. The van der Waals surface area contributed by atoms with E-state index in [4.69, 9.17) is 0 Å². The summed E-state index contributed by atoms with van der Waals surface area (Å²) in [6, 6.07) is 0. The maximum absolute atomic E-state index is 4.35. The average molecular weight is 197 g/mol. The molecule has 0 saturated heterocycles. The summed E-state index contributed by atoms with van der Waals surface area (Å²) in [6.07, 6.45) is 3.52. The van der Waals surface area contributed by atoms with Crippen molar-refractivity contribution in [1.82, 2.24) is 9.97 Å². The highest BCUT2D eigenvalue weighted by Crippen LogP contribution is 2.18. The molecule has 0 aliphatic rings. The maximum Gasteiger partial charge on any atom is 0.145 e. The van der Waals surface area contributed by atoms with Crippen LogP contribution in [0.3, 0.4) is 0 Å². The van der Waals surface area contributed by atoms with Crippen molar-refractivity contribution in [3.05, 3.63) is 12.4 Å². The largest absolute Gasteiger partial charge is 0.372 e. The zero-order valence-corrected chi connectivity index (χ0v) is 9.06. The van der Waals surface area contributed by atoms with Gasteiger partial charge in [-0.1, -0.05) is 13.8 Å². The zero-order chi connectivity index (χ0) is 9.68. The summed E-state index contributed by atoms with van der Waals surface area (Å²) >= 11 is 1.74. The molecule has 0 atom stereocenters. The van der Waals surface area contributed by atoms with E-state index in [0.717, 1.165) is 16.6 Å². The van der Waals surface area contributed by atoms with E-state index in [0.29, 0.717) is 5.92 Å². The van der Waals surface area contributed by atoms with Crippen LogP contribution in [0.4, 0.5) is 5.82 Å². The van der Waals surface area contributed by atoms with Gasteiger partial charge in [0.25, 0.3) is 0 Å². The molecule has 0 bridgehead atoms. The standard InChI is InChI=1S/C9H15N3S/c1-7(2)6-13-9-5-11-4-8(10-3)12-9/h4-5,7H,6H2,1-3H3,(H,10,12). The molecule has 1 N–H and O–H groups in total. The van der Waals surface area contributed by atoms with Crippen molar-refractivity contribution in [1.29, 1.82) is 0 Å². The Morgan fingerprint density at radius 3 is 2.85 bits per heavy atom. The fourth-order valence-electron chi connectivity index (χ4n) is 0.790. The van der Waals surface area contributed by atoms with Crippen molar-refractivity contribution in [3.63, 3.8) is 0 Å². The van der Waals surface area contributed by atoms with Crippen LogP contribution in [0.25, 0.3) is 0 Å². The monoisotopic (exact) mass is 197 g/mol. The predicted octanol–water partition coefficient (Wildman–Crippen LogP) is 2.27. The van der Waals surface area contributed by atoms with E-state index in [9.17, 15) is 0 Å². The van der Waals surface area contributed by atoms with Crippen LogP contribution in [0.15, 0.2) is 17.4 Å². The van der Waals surface area contributed by atoms with Gasteiger partial charge in [-0.2, -0.15) is 0 Å². The van der Waals surface area contributed by atoms with E-state index < -0.39 is 0 Å². The SMILES string of the molecule is CNc1cncc(SCC(C)C)n1. The molecule has 3 nitrogen and oxygen atoms in total. The van der Waals surface area contributed by atoms with Gasteiger partial charge in [0.05, 0.1) is 12.4 Å². The van der Waals surface area contributed by atoms with Crippen molar-refractivity contribution in [3.8, 4) is 0 Å². The fraction of sp³-hybridized carbons (Fsp3) is 0.556. The van der Waals surface area contributed by atoms with Crippen LogP contribution in [0.5, 0.6) is 0 Å². The first-order valence-electron chi connectivity index (χ1n) is 4.35. The summed E-state index contributed by atoms with van der Waals surface area (Å²) in [7, 11) is 1.85. The third-order valence-corrected chi connectivity index (χ3v) is 2.76. The summed E-state index contributed by atoms with van der Waals surface area (Å²) in [5, 5.41) is 3.95. The van der Waals surface area contributed by atoms with Crippen molar-refractivity contribution < 1.29 is 0 Å². The van der Waals surface area contributed by atoms with Crippen molar-refractivity contribution in [2.45, 2.75) is 18.9 Å². The summed E-state index contributed by atoms with van der Waals surface area (Å²) in [5.74, 6) is 2.60. The molecule has 1 rings (SSSR count). The van der Waals surface area contributed by atoms with Gasteiger partial charge in [-0.25, -0.2) is 4.98 Å². The van der Waals surface area contributed by atoms with Crippen LogP contribution in [0.1, 0.15) is 13.8 Å². The smallest absolute Gasteiger partial charge is 0.145 e. The first-order valence-corrected chi connectivity index (χ1v) is 5.33. The average Bonchev–Trinajstić information content (AvgIpc) is 2.15. The molecule has 0 radical (unpaired) electrons. The second-order valence-corrected chi connectivity index (χ2v) is 4.24. The van der Waals surface area contributed by atoms with Gasteiger partial charge >= 0.3 is 0 Å². The highest BCUT2D eigenvalue weighted by Gasteiger charge is 1.99. The lowest BCUT2D eigenvalue weighted by Gasteiger charge is -2.04. The summed E-state index contributed by atoms with van der Waals surface area (Å²) in [6.45, 7) is 4.39. The van der Waals surface area contributed by atoms with Crippen molar-refractivity contribution in [2.75, 3.05) is 18.1 Å². The topological polar surface area (TPSA) is 37.8 Å². The molecule has 0 spiro atoms. The molecule has 4 heteroatoms. The van der Waals surface area contributed by atoms with Crippen LogP contribution >= 0.6 is 11.8 Å². The molecule has 0 aliphatic carbocycles. The highest BCUT2D eigenvalue weighted by molar-refractivity contribution is 7.99. The van der Waals surface area contributed by atoms with E-state index >= 15 is 0 Å². The Morgan fingerprint density at radius 1 is 1.46 bits per heavy atom. The molecular weight excluding hydrogens is 182 g/mol. The lowest BCUT2D eigenvalue weighted by atomic mass is 10.3. The Labute approximate surface area is 83.4 Å². The quantitative estimate of drug-likeness (QED) is 0.751. The van der Waals surface area contributed by atoms with Crippen molar-refractivity contribution in [2.24, 2.45) is 5.92 Å². The molecule has 0 aromatic carbocycles. The minimum atomic E-state index is 0.685. The number of nitrogens with zero attached hydrogens (tertiary/aromatic N) is 2. The van der Waals surface area contributed by atoms with Gasteiger partial charge in [-0.3, -0.25) is 4.98 Å². The van der Waals surface area contributed by atoms with Crippen LogP contribution in [-0.4, -0.2) is 22.8 Å². The van der Waals surface area contributed by atoms with E-state index in [1.807, 2.05) is 7.05 Å². The predicted molar refractivity (Wildman–Crippen MR) is 57.1 cm³/mol. The van der Waals surface area contributed by atoms with E-state index in [1.165, 1.54) is 0 Å². The summed E-state index contributed by atoms with van der Waals surface area (Å²) in [4.78, 5) is 8.44. The molecule has 0 amide bonds. The number of hydrogen-bond donors (Lipinski definition) is 1. The summed E-state index contributed by atoms with van der Waals surface area (Å²) < 4.78 is 0.